The number of benzene rings is 9. The quantitative estimate of drug-likeness (QED) is 0.169. The first-order valence-electron chi connectivity index (χ1n) is 21.2. The van der Waals surface area contributed by atoms with E-state index in [1.807, 2.05) is 0 Å². The van der Waals surface area contributed by atoms with E-state index < -0.39 is 0 Å². The lowest BCUT2D eigenvalue weighted by Gasteiger charge is -2.35. The standard InChI is InChI=1S/C58H44N2/c1-57(2)50-22-12-9-20-47(50)55-54-39(17-14-23-51(54)57)35-48-46-19-10-13-24-53(46)60(56(48)55)42-31-29-41(30-32-42)59(40-27-25-38(26-28-40)37-15-6-5-7-16-37)43-33-34-45-44-18-8-11-21-49(44)58(3,4)52(45)36-43/h5-36H,1-4H3. The van der Waals surface area contributed by atoms with Crippen LogP contribution < -0.4 is 4.90 Å². The van der Waals surface area contributed by atoms with Crippen molar-refractivity contribution in [3.8, 4) is 39.1 Å². The zero-order chi connectivity index (χ0) is 40.3. The van der Waals surface area contributed by atoms with Gasteiger partial charge in [0, 0.05) is 49.9 Å². The third-order valence-electron chi connectivity index (χ3n) is 13.8. The van der Waals surface area contributed by atoms with E-state index in [1.165, 1.54) is 88.2 Å². The highest BCUT2D eigenvalue weighted by molar-refractivity contribution is 6.23. The monoisotopic (exact) mass is 768 g/mol. The first kappa shape index (κ1) is 34.8. The molecule has 0 fully saturated rings. The molecular formula is C58H44N2. The van der Waals surface area contributed by atoms with Crippen molar-refractivity contribution >= 4 is 49.6 Å². The molecular weight excluding hydrogens is 725 g/mol. The Morgan fingerprint density at radius 2 is 0.967 bits per heavy atom. The summed E-state index contributed by atoms with van der Waals surface area (Å²) in [5.41, 5.74) is 20.0. The Morgan fingerprint density at radius 1 is 0.400 bits per heavy atom. The molecule has 12 rings (SSSR count). The molecule has 0 saturated heterocycles. The fourth-order valence-electron chi connectivity index (χ4n) is 10.8. The minimum atomic E-state index is -0.117. The van der Waals surface area contributed by atoms with Crippen LogP contribution >= 0.6 is 0 Å². The summed E-state index contributed by atoms with van der Waals surface area (Å²) in [6.45, 7) is 9.48. The van der Waals surface area contributed by atoms with Gasteiger partial charge in [0.1, 0.15) is 0 Å². The predicted octanol–water partition coefficient (Wildman–Crippen LogP) is 15.7. The van der Waals surface area contributed by atoms with Crippen molar-refractivity contribution in [3.05, 3.63) is 216 Å². The maximum atomic E-state index is 2.52. The second kappa shape index (κ2) is 12.7. The van der Waals surface area contributed by atoms with Crippen molar-refractivity contribution in [1.29, 1.82) is 0 Å². The van der Waals surface area contributed by atoms with Crippen LogP contribution in [0.3, 0.4) is 0 Å². The van der Waals surface area contributed by atoms with E-state index in [0.717, 1.165) is 22.7 Å². The van der Waals surface area contributed by atoms with E-state index in [4.69, 9.17) is 0 Å². The van der Waals surface area contributed by atoms with Gasteiger partial charge in [-0.3, -0.25) is 0 Å². The normalized spacial score (nSPS) is 14.3. The van der Waals surface area contributed by atoms with Gasteiger partial charge in [0.15, 0.2) is 0 Å². The van der Waals surface area contributed by atoms with Gasteiger partial charge in [-0.25, -0.2) is 0 Å². The minimum Gasteiger partial charge on any atom is -0.310 e. The maximum absolute atomic E-state index is 2.52. The molecule has 0 bridgehead atoms. The van der Waals surface area contributed by atoms with Crippen LogP contribution in [0.25, 0.3) is 71.6 Å². The summed E-state index contributed by atoms with van der Waals surface area (Å²) in [4.78, 5) is 2.42. The van der Waals surface area contributed by atoms with E-state index in [2.05, 4.69) is 231 Å². The number of rotatable bonds is 5. The Hall–Kier alpha value is -7.16. The van der Waals surface area contributed by atoms with Crippen molar-refractivity contribution in [2.24, 2.45) is 0 Å². The summed E-state index contributed by atoms with van der Waals surface area (Å²) >= 11 is 0. The van der Waals surface area contributed by atoms with Crippen LogP contribution in [0.1, 0.15) is 49.9 Å². The molecule has 2 aliphatic rings. The van der Waals surface area contributed by atoms with E-state index in [0.29, 0.717) is 0 Å². The molecule has 2 nitrogen and oxygen atoms in total. The molecule has 60 heavy (non-hydrogen) atoms. The third kappa shape index (κ3) is 4.88. The first-order valence-corrected chi connectivity index (χ1v) is 21.2. The van der Waals surface area contributed by atoms with Crippen LogP contribution in [-0.2, 0) is 10.8 Å². The molecule has 1 aromatic heterocycles. The Balaban J connectivity index is 1.06. The summed E-state index contributed by atoms with van der Waals surface area (Å²) in [6, 6.07) is 72.2. The fraction of sp³-hybridized carbons (Fsp3) is 0.103. The molecule has 1 heterocycles. The average Bonchev–Trinajstić information content (AvgIpc) is 3.74. The number of hydrogen-bond acceptors (Lipinski definition) is 1. The van der Waals surface area contributed by atoms with Gasteiger partial charge in [0.05, 0.1) is 11.0 Å². The van der Waals surface area contributed by atoms with E-state index in [9.17, 15) is 0 Å². The SMILES string of the molecule is CC1(C)c2ccccc2-c2ccc(N(c3ccc(-c4ccccc4)cc3)c3ccc(-n4c5ccccc5c5cc6cccc7c6c(c54)-c4ccccc4C7(C)C)cc3)cc21. The number of para-hydroxylation sites is 1. The van der Waals surface area contributed by atoms with Crippen molar-refractivity contribution in [2.75, 3.05) is 4.90 Å². The molecule has 0 amide bonds. The van der Waals surface area contributed by atoms with Gasteiger partial charge in [-0.2, -0.15) is 0 Å². The molecule has 0 unspecified atom stereocenters. The lowest BCUT2D eigenvalue weighted by molar-refractivity contribution is 0.645. The number of nitrogens with zero attached hydrogens (tertiary/aromatic N) is 2. The van der Waals surface area contributed by atoms with Gasteiger partial charge in [-0.1, -0.05) is 161 Å². The fourth-order valence-corrected chi connectivity index (χ4v) is 10.8. The zero-order valence-corrected chi connectivity index (χ0v) is 34.4. The van der Waals surface area contributed by atoms with Crippen LogP contribution in [0.4, 0.5) is 17.1 Å². The Morgan fingerprint density at radius 3 is 1.73 bits per heavy atom. The molecule has 10 aromatic rings. The maximum Gasteiger partial charge on any atom is 0.0626 e. The van der Waals surface area contributed by atoms with E-state index in [1.54, 1.807) is 0 Å². The van der Waals surface area contributed by atoms with Gasteiger partial charge < -0.3 is 9.47 Å². The molecule has 2 aliphatic carbocycles. The lowest BCUT2D eigenvalue weighted by atomic mass is 9.68. The van der Waals surface area contributed by atoms with Gasteiger partial charge in [-0.15, -0.1) is 0 Å². The van der Waals surface area contributed by atoms with Gasteiger partial charge in [-0.05, 0) is 122 Å². The predicted molar refractivity (Wildman–Crippen MR) is 254 cm³/mol. The van der Waals surface area contributed by atoms with Crippen LogP contribution in [0.5, 0.6) is 0 Å². The largest absolute Gasteiger partial charge is 0.310 e. The highest BCUT2D eigenvalue weighted by Gasteiger charge is 2.37. The number of anilines is 3. The molecule has 0 atom stereocenters. The topological polar surface area (TPSA) is 8.17 Å². The van der Waals surface area contributed by atoms with Crippen molar-refractivity contribution in [1.82, 2.24) is 4.57 Å². The molecule has 9 aromatic carbocycles. The highest BCUT2D eigenvalue weighted by atomic mass is 15.1. The summed E-state index contributed by atoms with van der Waals surface area (Å²) in [5, 5.41) is 5.21. The second-order valence-electron chi connectivity index (χ2n) is 17.7. The second-order valence-corrected chi connectivity index (χ2v) is 17.7. The lowest BCUT2D eigenvalue weighted by Crippen LogP contribution is -2.23. The Labute approximate surface area is 351 Å². The zero-order valence-electron chi connectivity index (χ0n) is 34.4. The van der Waals surface area contributed by atoms with Crippen LogP contribution in [0.2, 0.25) is 0 Å². The summed E-state index contributed by atoms with van der Waals surface area (Å²) in [5.74, 6) is 0. The van der Waals surface area contributed by atoms with Crippen LogP contribution in [0, 0.1) is 0 Å². The summed E-state index contributed by atoms with van der Waals surface area (Å²) < 4.78 is 2.52. The van der Waals surface area contributed by atoms with Crippen LogP contribution in [0.15, 0.2) is 194 Å². The highest BCUT2D eigenvalue weighted by Crippen LogP contribution is 2.54. The van der Waals surface area contributed by atoms with Crippen molar-refractivity contribution < 1.29 is 0 Å². The Bertz CT molecular complexity index is 3350. The smallest absolute Gasteiger partial charge is 0.0626 e. The molecule has 0 N–H and O–H groups in total. The number of fused-ring (bicyclic) bond motifs is 9. The minimum absolute atomic E-state index is 0.108. The van der Waals surface area contributed by atoms with Crippen molar-refractivity contribution in [3.63, 3.8) is 0 Å². The summed E-state index contributed by atoms with van der Waals surface area (Å²) in [7, 11) is 0. The van der Waals surface area contributed by atoms with Crippen molar-refractivity contribution in [2.45, 2.75) is 38.5 Å². The van der Waals surface area contributed by atoms with Crippen LogP contribution in [-0.4, -0.2) is 4.57 Å². The Kier molecular flexibility index (Phi) is 7.36. The molecule has 0 spiro atoms. The molecule has 0 saturated carbocycles. The van der Waals surface area contributed by atoms with Gasteiger partial charge in [0.25, 0.3) is 0 Å². The van der Waals surface area contributed by atoms with Gasteiger partial charge >= 0.3 is 0 Å². The van der Waals surface area contributed by atoms with E-state index >= 15 is 0 Å². The summed E-state index contributed by atoms with van der Waals surface area (Å²) in [6.07, 6.45) is 0. The molecule has 286 valence electrons. The number of hydrogen-bond donors (Lipinski definition) is 0. The molecule has 0 aliphatic heterocycles. The molecule has 0 radical (unpaired) electrons. The average molecular weight is 769 g/mol. The van der Waals surface area contributed by atoms with E-state index in [-0.39, 0.29) is 10.8 Å². The first-order chi connectivity index (χ1) is 29.3. The molecule has 2 heteroatoms. The number of aromatic nitrogens is 1. The van der Waals surface area contributed by atoms with Gasteiger partial charge in [0.2, 0.25) is 0 Å². The third-order valence-corrected chi connectivity index (χ3v) is 13.8.